The number of fused-ring (bicyclic) bond motifs is 1. The molecule has 1 aromatic heterocycles. The minimum atomic E-state index is -0.298. The van der Waals surface area contributed by atoms with Gasteiger partial charge in [-0.2, -0.15) is 0 Å². The molecule has 2 heteroatoms. The van der Waals surface area contributed by atoms with E-state index >= 15 is 0 Å². The van der Waals surface area contributed by atoms with Gasteiger partial charge in [-0.15, -0.1) is 0 Å². The fourth-order valence-electron chi connectivity index (χ4n) is 5.09. The second-order valence-corrected chi connectivity index (χ2v) is 9.97. The second kappa shape index (κ2) is 12.7. The quantitative estimate of drug-likeness (QED) is 0.273. The highest BCUT2D eigenvalue weighted by atomic mass is 14.7. The molecule has 1 atom stereocenters. The predicted octanol–water partition coefficient (Wildman–Crippen LogP) is 8.23. The van der Waals surface area contributed by atoms with Crippen molar-refractivity contribution in [2.75, 3.05) is 0 Å². The first-order valence-corrected chi connectivity index (χ1v) is 13.1. The normalized spacial score (nSPS) is 14.2. The molecule has 1 heterocycles. The van der Waals surface area contributed by atoms with Gasteiger partial charge in [0.05, 0.1) is 5.52 Å². The summed E-state index contributed by atoms with van der Waals surface area (Å²) in [6.45, 7) is 12.5. The van der Waals surface area contributed by atoms with Crippen molar-refractivity contribution in [1.29, 1.82) is 0 Å². The number of allylic oxidation sites excluding steroid dienone is 3. The van der Waals surface area contributed by atoms with Crippen molar-refractivity contribution in [1.82, 2.24) is 4.98 Å². The number of pyridine rings is 1. The van der Waals surface area contributed by atoms with E-state index in [-0.39, 0.29) is 5.54 Å². The molecule has 2 N–H and O–H groups in total. The molecule has 184 valence electrons. The number of aromatic nitrogens is 1. The molecule has 3 aromatic rings. The first kappa shape index (κ1) is 26.6. The molecular formula is C33H42N2. The molecule has 0 amide bonds. The van der Waals surface area contributed by atoms with Crippen LogP contribution in [-0.4, -0.2) is 10.5 Å². The SMILES string of the molecule is C=C/C=C(CCCc1cccc(CCc2ccc3ccc(C)cc3n2)c1)\C(=C/C)C(C)(N)CCC. The molecule has 0 aliphatic heterocycles. The third-order valence-corrected chi connectivity index (χ3v) is 6.82. The summed E-state index contributed by atoms with van der Waals surface area (Å²) in [5.74, 6) is 0. The third kappa shape index (κ3) is 7.50. The van der Waals surface area contributed by atoms with Crippen LogP contribution in [0.25, 0.3) is 10.9 Å². The Morgan fingerprint density at radius 3 is 2.49 bits per heavy atom. The standard InChI is InChI=1S/C33H42N2/c1-6-11-28(31(8-3)33(5,34)22-7-2)15-10-14-26-12-9-13-27(24-26)17-20-30-21-19-29-18-16-25(4)23-32(29)35-30/h6,8-9,11-13,16,18-19,21,23-24H,1,7,10,14-15,17,20,22,34H2,2-5H3/b28-11-,31-8+. The Morgan fingerprint density at radius 1 is 1.03 bits per heavy atom. The van der Waals surface area contributed by atoms with E-state index in [1.54, 1.807) is 0 Å². The van der Waals surface area contributed by atoms with Crippen LogP contribution in [0.1, 0.15) is 68.8 Å². The van der Waals surface area contributed by atoms with Gasteiger partial charge in [-0.05, 0) is 99.3 Å². The molecule has 3 rings (SSSR count). The van der Waals surface area contributed by atoms with Gasteiger partial charge in [0.1, 0.15) is 0 Å². The molecule has 2 nitrogen and oxygen atoms in total. The van der Waals surface area contributed by atoms with Gasteiger partial charge in [-0.1, -0.05) is 80.6 Å². The molecule has 0 spiro atoms. The van der Waals surface area contributed by atoms with Gasteiger partial charge >= 0.3 is 0 Å². The van der Waals surface area contributed by atoms with Gasteiger partial charge in [0.2, 0.25) is 0 Å². The number of hydrogen-bond acceptors (Lipinski definition) is 2. The number of hydrogen-bond donors (Lipinski definition) is 1. The van der Waals surface area contributed by atoms with Gasteiger partial charge < -0.3 is 5.73 Å². The first-order valence-electron chi connectivity index (χ1n) is 13.1. The van der Waals surface area contributed by atoms with Gasteiger partial charge in [0.15, 0.2) is 0 Å². The highest BCUT2D eigenvalue weighted by Gasteiger charge is 2.24. The maximum absolute atomic E-state index is 6.69. The Kier molecular flexibility index (Phi) is 9.63. The smallest absolute Gasteiger partial charge is 0.0707 e. The maximum Gasteiger partial charge on any atom is 0.0707 e. The van der Waals surface area contributed by atoms with Crippen LogP contribution in [-0.2, 0) is 19.3 Å². The van der Waals surface area contributed by atoms with Crippen LogP contribution in [0.4, 0.5) is 0 Å². The third-order valence-electron chi connectivity index (χ3n) is 6.82. The van der Waals surface area contributed by atoms with Crippen molar-refractivity contribution in [2.45, 2.75) is 78.2 Å². The van der Waals surface area contributed by atoms with Crippen LogP contribution >= 0.6 is 0 Å². The number of benzene rings is 2. The van der Waals surface area contributed by atoms with E-state index in [1.807, 2.05) is 6.08 Å². The van der Waals surface area contributed by atoms with Crippen LogP contribution in [0.3, 0.4) is 0 Å². The molecule has 1 unspecified atom stereocenters. The van der Waals surface area contributed by atoms with E-state index in [2.05, 4.69) is 101 Å². The summed E-state index contributed by atoms with van der Waals surface area (Å²) in [7, 11) is 0. The van der Waals surface area contributed by atoms with E-state index in [9.17, 15) is 0 Å². The van der Waals surface area contributed by atoms with Crippen LogP contribution < -0.4 is 5.73 Å². The topological polar surface area (TPSA) is 38.9 Å². The second-order valence-electron chi connectivity index (χ2n) is 9.97. The molecule has 0 radical (unpaired) electrons. The van der Waals surface area contributed by atoms with E-state index < -0.39 is 0 Å². The highest BCUT2D eigenvalue weighted by Crippen LogP contribution is 2.29. The Bertz CT molecular complexity index is 1200. The van der Waals surface area contributed by atoms with Crippen LogP contribution in [0.15, 0.2) is 90.6 Å². The maximum atomic E-state index is 6.69. The predicted molar refractivity (Wildman–Crippen MR) is 153 cm³/mol. The lowest BCUT2D eigenvalue weighted by atomic mass is 9.81. The summed E-state index contributed by atoms with van der Waals surface area (Å²) in [5.41, 5.74) is 15.2. The van der Waals surface area contributed by atoms with Crippen molar-refractivity contribution in [2.24, 2.45) is 5.73 Å². The lowest BCUT2D eigenvalue weighted by Crippen LogP contribution is -2.38. The minimum absolute atomic E-state index is 0.298. The summed E-state index contributed by atoms with van der Waals surface area (Å²) in [6.07, 6.45) is 13.4. The van der Waals surface area contributed by atoms with Crippen LogP contribution in [0.5, 0.6) is 0 Å². The molecule has 0 bridgehead atoms. The number of nitrogens with zero attached hydrogens (tertiary/aromatic N) is 1. The fraction of sp³-hybridized carbons (Fsp3) is 0.364. The molecule has 0 aliphatic carbocycles. The molecule has 0 fully saturated rings. The zero-order chi connectivity index (χ0) is 25.3. The summed E-state index contributed by atoms with van der Waals surface area (Å²) < 4.78 is 0. The number of nitrogens with two attached hydrogens (primary N) is 1. The van der Waals surface area contributed by atoms with E-state index in [4.69, 9.17) is 10.7 Å². The van der Waals surface area contributed by atoms with Crippen molar-refractivity contribution in [3.63, 3.8) is 0 Å². The average Bonchev–Trinajstić information content (AvgIpc) is 2.83. The highest BCUT2D eigenvalue weighted by molar-refractivity contribution is 5.79. The van der Waals surface area contributed by atoms with Crippen LogP contribution in [0, 0.1) is 6.92 Å². The monoisotopic (exact) mass is 466 g/mol. The zero-order valence-corrected chi connectivity index (χ0v) is 22.1. The van der Waals surface area contributed by atoms with Gasteiger partial charge in [0, 0.05) is 16.6 Å². The molecule has 2 aromatic carbocycles. The van der Waals surface area contributed by atoms with E-state index in [0.29, 0.717) is 0 Å². The van der Waals surface area contributed by atoms with E-state index in [1.165, 1.54) is 33.2 Å². The van der Waals surface area contributed by atoms with E-state index in [0.717, 1.165) is 56.2 Å². The molecular weight excluding hydrogens is 424 g/mol. The molecule has 35 heavy (non-hydrogen) atoms. The van der Waals surface area contributed by atoms with Gasteiger partial charge in [-0.25, -0.2) is 0 Å². The van der Waals surface area contributed by atoms with Gasteiger partial charge in [0.25, 0.3) is 0 Å². The molecule has 0 saturated heterocycles. The lowest BCUT2D eigenvalue weighted by Gasteiger charge is -2.30. The van der Waals surface area contributed by atoms with Crippen molar-refractivity contribution in [3.8, 4) is 0 Å². The minimum Gasteiger partial charge on any atom is -0.322 e. The van der Waals surface area contributed by atoms with Gasteiger partial charge in [-0.3, -0.25) is 4.98 Å². The van der Waals surface area contributed by atoms with Crippen molar-refractivity contribution in [3.05, 3.63) is 113 Å². The Hall–Kier alpha value is -2.97. The average molecular weight is 467 g/mol. The largest absolute Gasteiger partial charge is 0.322 e. The Labute approximate surface area is 212 Å². The molecule has 0 aliphatic rings. The lowest BCUT2D eigenvalue weighted by molar-refractivity contribution is 0.497. The Morgan fingerprint density at radius 2 is 1.77 bits per heavy atom. The summed E-state index contributed by atoms with van der Waals surface area (Å²) in [6, 6.07) is 19.9. The summed E-state index contributed by atoms with van der Waals surface area (Å²) >= 11 is 0. The summed E-state index contributed by atoms with van der Waals surface area (Å²) in [4.78, 5) is 4.89. The van der Waals surface area contributed by atoms with Crippen molar-refractivity contribution >= 4 is 10.9 Å². The fourth-order valence-corrected chi connectivity index (χ4v) is 5.09. The zero-order valence-electron chi connectivity index (χ0n) is 22.1. The molecule has 0 saturated carbocycles. The summed E-state index contributed by atoms with van der Waals surface area (Å²) in [5, 5.41) is 1.21. The van der Waals surface area contributed by atoms with Crippen molar-refractivity contribution < 1.29 is 0 Å². The number of rotatable bonds is 12. The Balaban J connectivity index is 1.61. The first-order chi connectivity index (χ1) is 16.9. The number of aryl methyl sites for hydroxylation is 4. The van der Waals surface area contributed by atoms with Crippen LogP contribution in [0.2, 0.25) is 0 Å².